The van der Waals surface area contributed by atoms with Crippen molar-refractivity contribution in [2.24, 2.45) is 11.8 Å². The van der Waals surface area contributed by atoms with E-state index in [1.54, 1.807) is 30.3 Å². The summed E-state index contributed by atoms with van der Waals surface area (Å²) in [6.07, 6.45) is 3.03. The molecule has 1 amide bonds. The lowest BCUT2D eigenvalue weighted by molar-refractivity contribution is -0.127. The van der Waals surface area contributed by atoms with Crippen LogP contribution in [0.15, 0.2) is 65.6 Å². The second kappa shape index (κ2) is 10.0. The maximum absolute atomic E-state index is 12.6. The van der Waals surface area contributed by atoms with Gasteiger partial charge in [-0.25, -0.2) is 13.1 Å². The third-order valence-corrected chi connectivity index (χ3v) is 6.97. The number of carbonyl (C=O) groups is 1. The number of aliphatic hydroxyl groups excluding tert-OH is 1. The Morgan fingerprint density at radius 1 is 0.966 bits per heavy atom. The normalized spacial score (nSPS) is 20.7. The monoisotopic (exact) mass is 416 g/mol. The average molecular weight is 417 g/mol. The summed E-state index contributed by atoms with van der Waals surface area (Å²) < 4.78 is 27.4. The summed E-state index contributed by atoms with van der Waals surface area (Å²) in [4.78, 5) is 12.9. The molecule has 0 aliphatic heterocycles. The zero-order valence-electron chi connectivity index (χ0n) is 16.3. The van der Waals surface area contributed by atoms with Gasteiger partial charge in [0, 0.05) is 12.5 Å². The number of hydrogen-bond donors (Lipinski definition) is 3. The predicted molar refractivity (Wildman–Crippen MR) is 111 cm³/mol. The van der Waals surface area contributed by atoms with Crippen molar-refractivity contribution >= 4 is 15.9 Å². The first kappa shape index (κ1) is 21.5. The molecule has 1 aliphatic carbocycles. The lowest BCUT2D eigenvalue weighted by Crippen LogP contribution is -2.38. The lowest BCUT2D eigenvalue weighted by Gasteiger charge is -2.29. The molecule has 1 saturated carbocycles. The number of carbonyl (C=O) groups excluding carboxylic acids is 1. The van der Waals surface area contributed by atoms with Crippen LogP contribution in [-0.4, -0.2) is 32.6 Å². The topological polar surface area (TPSA) is 95.5 Å². The highest BCUT2D eigenvalue weighted by Crippen LogP contribution is 2.29. The van der Waals surface area contributed by atoms with Crippen molar-refractivity contribution in [3.8, 4) is 0 Å². The van der Waals surface area contributed by atoms with Crippen molar-refractivity contribution in [1.29, 1.82) is 0 Å². The molecule has 1 fully saturated rings. The number of rotatable bonds is 8. The first-order chi connectivity index (χ1) is 14.0. The number of benzene rings is 2. The summed E-state index contributed by atoms with van der Waals surface area (Å²) in [7, 11) is -3.50. The van der Waals surface area contributed by atoms with E-state index in [2.05, 4.69) is 10.0 Å². The summed E-state index contributed by atoms with van der Waals surface area (Å²) in [5.74, 6) is 0.0752. The molecule has 0 spiro atoms. The summed E-state index contributed by atoms with van der Waals surface area (Å²) >= 11 is 0. The van der Waals surface area contributed by atoms with Gasteiger partial charge >= 0.3 is 0 Å². The Morgan fingerprint density at radius 3 is 2.14 bits per heavy atom. The third-order valence-electron chi connectivity index (χ3n) is 5.53. The zero-order valence-corrected chi connectivity index (χ0v) is 17.1. The molecule has 1 unspecified atom stereocenters. The van der Waals surface area contributed by atoms with Gasteiger partial charge in [-0.3, -0.25) is 4.79 Å². The highest BCUT2D eigenvalue weighted by atomic mass is 32.2. The summed E-state index contributed by atoms with van der Waals surface area (Å²) in [6.45, 7) is 0.237. The van der Waals surface area contributed by atoms with Gasteiger partial charge in [-0.2, -0.15) is 0 Å². The molecule has 1 aliphatic rings. The molecule has 2 aromatic carbocycles. The first-order valence-electron chi connectivity index (χ1n) is 10.0. The van der Waals surface area contributed by atoms with Crippen molar-refractivity contribution < 1.29 is 18.3 Å². The van der Waals surface area contributed by atoms with Gasteiger partial charge in [-0.05, 0) is 49.3 Å². The van der Waals surface area contributed by atoms with Gasteiger partial charge in [0.1, 0.15) is 0 Å². The zero-order chi connectivity index (χ0) is 20.7. The highest BCUT2D eigenvalue weighted by molar-refractivity contribution is 7.89. The SMILES string of the molecule is O=C(NC(CO)c1ccccc1)C1CCC(CNS(=O)(=O)c2ccccc2)CC1. The van der Waals surface area contributed by atoms with E-state index in [0.717, 1.165) is 31.2 Å². The van der Waals surface area contributed by atoms with Gasteiger partial charge in [0.2, 0.25) is 15.9 Å². The van der Waals surface area contributed by atoms with Crippen molar-refractivity contribution in [3.05, 3.63) is 66.2 Å². The van der Waals surface area contributed by atoms with Crippen LogP contribution in [0.25, 0.3) is 0 Å². The first-order valence-corrected chi connectivity index (χ1v) is 11.5. The van der Waals surface area contributed by atoms with Crippen LogP contribution >= 0.6 is 0 Å². The minimum Gasteiger partial charge on any atom is -0.394 e. The quantitative estimate of drug-likeness (QED) is 0.616. The Hall–Kier alpha value is -2.22. The molecular weight excluding hydrogens is 388 g/mol. The second-order valence-electron chi connectivity index (χ2n) is 7.54. The molecule has 0 radical (unpaired) electrons. The molecule has 0 heterocycles. The molecule has 3 N–H and O–H groups in total. The smallest absolute Gasteiger partial charge is 0.240 e. The minimum absolute atomic E-state index is 0.0452. The number of sulfonamides is 1. The molecule has 29 heavy (non-hydrogen) atoms. The predicted octanol–water partition coefficient (Wildman–Crippen LogP) is 2.62. The fourth-order valence-corrected chi connectivity index (χ4v) is 4.89. The van der Waals surface area contributed by atoms with E-state index in [4.69, 9.17) is 0 Å². The van der Waals surface area contributed by atoms with Gasteiger partial charge < -0.3 is 10.4 Å². The Morgan fingerprint density at radius 2 is 1.55 bits per heavy atom. The molecule has 7 heteroatoms. The van der Waals surface area contributed by atoms with Crippen LogP contribution in [0.2, 0.25) is 0 Å². The van der Waals surface area contributed by atoms with Gasteiger partial charge in [0.25, 0.3) is 0 Å². The van der Waals surface area contributed by atoms with Crippen LogP contribution in [0.4, 0.5) is 0 Å². The van der Waals surface area contributed by atoms with Gasteiger partial charge in [0.05, 0.1) is 17.5 Å². The number of amides is 1. The molecule has 6 nitrogen and oxygen atoms in total. The molecular formula is C22H28N2O4S. The Balaban J connectivity index is 1.47. The largest absolute Gasteiger partial charge is 0.394 e. The van der Waals surface area contributed by atoms with Crippen LogP contribution < -0.4 is 10.0 Å². The van der Waals surface area contributed by atoms with Crippen molar-refractivity contribution in [2.45, 2.75) is 36.6 Å². The molecule has 156 valence electrons. The van der Waals surface area contributed by atoms with Gasteiger partial charge in [-0.1, -0.05) is 48.5 Å². The average Bonchev–Trinajstić information content (AvgIpc) is 2.77. The molecule has 2 aromatic rings. The van der Waals surface area contributed by atoms with Crippen molar-refractivity contribution in [3.63, 3.8) is 0 Å². The maximum atomic E-state index is 12.6. The third kappa shape index (κ3) is 5.88. The Kier molecular flexibility index (Phi) is 7.41. The van der Waals surface area contributed by atoms with E-state index >= 15 is 0 Å². The Labute approximate surface area is 172 Å². The van der Waals surface area contributed by atoms with E-state index in [1.807, 2.05) is 30.3 Å². The number of nitrogens with one attached hydrogen (secondary N) is 2. The molecule has 0 saturated heterocycles. The fourth-order valence-electron chi connectivity index (χ4n) is 3.75. The van der Waals surface area contributed by atoms with E-state index in [-0.39, 0.29) is 29.2 Å². The molecule has 1 atom stereocenters. The van der Waals surface area contributed by atoms with E-state index < -0.39 is 16.1 Å². The lowest BCUT2D eigenvalue weighted by atomic mass is 9.81. The molecule has 0 aromatic heterocycles. The summed E-state index contributed by atoms with van der Waals surface area (Å²) in [5, 5.41) is 12.6. The van der Waals surface area contributed by atoms with Gasteiger partial charge in [0.15, 0.2) is 0 Å². The van der Waals surface area contributed by atoms with Crippen molar-refractivity contribution in [2.75, 3.05) is 13.2 Å². The van der Waals surface area contributed by atoms with Crippen LogP contribution in [0, 0.1) is 11.8 Å². The van der Waals surface area contributed by atoms with E-state index in [1.165, 1.54) is 0 Å². The second-order valence-corrected chi connectivity index (χ2v) is 9.30. The molecule has 3 rings (SSSR count). The maximum Gasteiger partial charge on any atom is 0.240 e. The summed E-state index contributed by atoms with van der Waals surface area (Å²) in [6, 6.07) is 17.4. The van der Waals surface area contributed by atoms with Crippen LogP contribution in [0.1, 0.15) is 37.3 Å². The van der Waals surface area contributed by atoms with Crippen LogP contribution in [0.5, 0.6) is 0 Å². The Bertz CT molecular complexity index is 880. The highest BCUT2D eigenvalue weighted by Gasteiger charge is 2.28. The van der Waals surface area contributed by atoms with Crippen molar-refractivity contribution in [1.82, 2.24) is 10.0 Å². The van der Waals surface area contributed by atoms with E-state index in [0.29, 0.717) is 6.54 Å². The molecule has 0 bridgehead atoms. The van der Waals surface area contributed by atoms with Gasteiger partial charge in [-0.15, -0.1) is 0 Å². The minimum atomic E-state index is -3.50. The van der Waals surface area contributed by atoms with Crippen LogP contribution in [0.3, 0.4) is 0 Å². The van der Waals surface area contributed by atoms with E-state index in [9.17, 15) is 18.3 Å². The standard InChI is InChI=1S/C22H28N2O4S/c25-16-21(18-7-3-1-4-8-18)24-22(26)19-13-11-17(12-14-19)15-23-29(27,28)20-9-5-2-6-10-20/h1-10,17,19,21,23,25H,11-16H2,(H,24,26). The van der Waals surface area contributed by atoms with Crippen LogP contribution in [-0.2, 0) is 14.8 Å². The fraction of sp³-hybridized carbons (Fsp3) is 0.409. The summed E-state index contributed by atoms with van der Waals surface area (Å²) in [5.41, 5.74) is 0.882. The number of hydrogen-bond acceptors (Lipinski definition) is 4. The number of aliphatic hydroxyl groups is 1.